The molecule has 1 heterocycles. The number of ether oxygens (including phenoxy) is 2. The molecule has 172 valence electrons. The van der Waals surface area contributed by atoms with Crippen LogP contribution >= 0.6 is 0 Å². The van der Waals surface area contributed by atoms with E-state index in [1.807, 2.05) is 12.1 Å². The van der Waals surface area contributed by atoms with E-state index in [1.165, 1.54) is 5.56 Å². The van der Waals surface area contributed by atoms with Crippen molar-refractivity contribution in [1.29, 1.82) is 0 Å². The molecular weight excluding hydrogens is 404 g/mol. The fraction of sp³-hybridized carbons (Fsp3) is 0.462. The molecule has 3 rings (SSSR count). The Labute approximate surface area is 190 Å². The average molecular weight is 439 g/mol. The van der Waals surface area contributed by atoms with Gasteiger partial charge in [0.2, 0.25) is 5.91 Å². The van der Waals surface area contributed by atoms with E-state index in [1.54, 1.807) is 32.4 Å². The van der Waals surface area contributed by atoms with Crippen LogP contribution in [0.3, 0.4) is 0 Å². The fourth-order valence-electron chi connectivity index (χ4n) is 4.17. The van der Waals surface area contributed by atoms with Crippen LogP contribution in [0, 0.1) is 11.8 Å². The summed E-state index contributed by atoms with van der Waals surface area (Å²) in [5.41, 5.74) is 2.65. The highest BCUT2D eigenvalue weighted by Crippen LogP contribution is 2.29. The molecule has 1 aliphatic rings. The second kappa shape index (κ2) is 11.1. The summed E-state index contributed by atoms with van der Waals surface area (Å²) < 4.78 is 10.6. The van der Waals surface area contributed by atoms with Gasteiger partial charge in [0.1, 0.15) is 11.5 Å². The van der Waals surface area contributed by atoms with Crippen molar-refractivity contribution >= 4 is 17.4 Å². The predicted octanol–water partition coefficient (Wildman–Crippen LogP) is 4.44. The molecule has 0 aromatic heterocycles. The van der Waals surface area contributed by atoms with Crippen molar-refractivity contribution in [1.82, 2.24) is 4.90 Å². The van der Waals surface area contributed by atoms with Crippen LogP contribution in [0.15, 0.2) is 42.5 Å². The standard InChI is InChI=1S/C26H34N2O4/c1-18(2)15-19-5-7-20(8-6-19)26(30)21-11-13-28(14-12-21)17-25(29)27-23-16-22(31-3)9-10-24(23)32-4/h5-10,16,18,21H,11-15,17H2,1-4H3,(H,27,29). The Morgan fingerprint density at radius 3 is 2.31 bits per heavy atom. The van der Waals surface area contributed by atoms with Gasteiger partial charge in [0, 0.05) is 17.5 Å². The Kier molecular flexibility index (Phi) is 8.28. The fourth-order valence-corrected chi connectivity index (χ4v) is 4.17. The lowest BCUT2D eigenvalue weighted by Crippen LogP contribution is -2.40. The smallest absolute Gasteiger partial charge is 0.238 e. The third-order valence-corrected chi connectivity index (χ3v) is 5.89. The second-order valence-electron chi connectivity index (χ2n) is 8.82. The van der Waals surface area contributed by atoms with Crippen molar-refractivity contribution in [3.05, 3.63) is 53.6 Å². The highest BCUT2D eigenvalue weighted by molar-refractivity contribution is 5.98. The van der Waals surface area contributed by atoms with Crippen LogP contribution in [0.5, 0.6) is 11.5 Å². The molecular formula is C26H34N2O4. The predicted molar refractivity (Wildman–Crippen MR) is 127 cm³/mol. The molecule has 2 aromatic rings. The van der Waals surface area contributed by atoms with Gasteiger partial charge in [0.15, 0.2) is 5.78 Å². The summed E-state index contributed by atoms with van der Waals surface area (Å²) >= 11 is 0. The number of methoxy groups -OCH3 is 2. The summed E-state index contributed by atoms with van der Waals surface area (Å²) in [6.45, 7) is 6.13. The molecule has 0 unspecified atom stereocenters. The number of Topliss-reactive ketones (excluding diaryl/α,β-unsaturated/α-hetero) is 1. The normalized spacial score (nSPS) is 14.9. The van der Waals surface area contributed by atoms with Gasteiger partial charge in [-0.3, -0.25) is 14.5 Å². The molecule has 1 fully saturated rings. The Morgan fingerprint density at radius 2 is 1.72 bits per heavy atom. The monoisotopic (exact) mass is 438 g/mol. The van der Waals surface area contributed by atoms with Crippen molar-refractivity contribution in [3.63, 3.8) is 0 Å². The maximum atomic E-state index is 12.9. The molecule has 0 atom stereocenters. The minimum atomic E-state index is -0.109. The molecule has 0 spiro atoms. The Hall–Kier alpha value is -2.86. The molecule has 1 saturated heterocycles. The van der Waals surface area contributed by atoms with Crippen LogP contribution in [-0.4, -0.2) is 50.4 Å². The highest BCUT2D eigenvalue weighted by atomic mass is 16.5. The summed E-state index contributed by atoms with van der Waals surface area (Å²) in [4.78, 5) is 27.6. The van der Waals surface area contributed by atoms with Gasteiger partial charge in [-0.25, -0.2) is 0 Å². The van der Waals surface area contributed by atoms with Crippen LogP contribution < -0.4 is 14.8 Å². The second-order valence-corrected chi connectivity index (χ2v) is 8.82. The van der Waals surface area contributed by atoms with E-state index < -0.39 is 0 Å². The van der Waals surface area contributed by atoms with Gasteiger partial charge in [0.05, 0.1) is 26.5 Å². The zero-order chi connectivity index (χ0) is 23.1. The first-order valence-corrected chi connectivity index (χ1v) is 11.3. The molecule has 1 aliphatic heterocycles. The number of amides is 1. The van der Waals surface area contributed by atoms with Crippen molar-refractivity contribution < 1.29 is 19.1 Å². The van der Waals surface area contributed by atoms with E-state index >= 15 is 0 Å². The maximum Gasteiger partial charge on any atom is 0.238 e. The molecule has 1 N–H and O–H groups in total. The molecule has 0 aliphatic carbocycles. The molecule has 0 bridgehead atoms. The number of nitrogens with one attached hydrogen (secondary N) is 1. The van der Waals surface area contributed by atoms with Crippen molar-refractivity contribution in [2.45, 2.75) is 33.1 Å². The number of ketones is 1. The minimum absolute atomic E-state index is 0.0174. The first-order chi connectivity index (χ1) is 15.4. The number of anilines is 1. The van der Waals surface area contributed by atoms with E-state index in [4.69, 9.17) is 9.47 Å². The van der Waals surface area contributed by atoms with Crippen LogP contribution in [-0.2, 0) is 11.2 Å². The lowest BCUT2D eigenvalue weighted by molar-refractivity contribution is -0.117. The van der Waals surface area contributed by atoms with Gasteiger partial charge < -0.3 is 14.8 Å². The molecule has 2 aromatic carbocycles. The van der Waals surface area contributed by atoms with Crippen LogP contribution in [0.1, 0.15) is 42.6 Å². The summed E-state index contributed by atoms with van der Waals surface area (Å²) in [7, 11) is 3.15. The SMILES string of the molecule is COc1ccc(OC)c(NC(=O)CN2CCC(C(=O)c3ccc(CC(C)C)cc3)CC2)c1. The van der Waals surface area contributed by atoms with Gasteiger partial charge >= 0.3 is 0 Å². The molecule has 0 radical (unpaired) electrons. The first kappa shape index (κ1) is 23.8. The number of likely N-dealkylation sites (tertiary alicyclic amines) is 1. The number of hydrogen-bond donors (Lipinski definition) is 1. The van der Waals surface area contributed by atoms with E-state index in [0.29, 0.717) is 23.1 Å². The quantitative estimate of drug-likeness (QED) is 0.587. The maximum absolute atomic E-state index is 12.9. The zero-order valence-electron chi connectivity index (χ0n) is 19.5. The summed E-state index contributed by atoms with van der Waals surface area (Å²) in [5, 5.41) is 2.91. The minimum Gasteiger partial charge on any atom is -0.497 e. The third-order valence-electron chi connectivity index (χ3n) is 5.89. The Balaban J connectivity index is 1.50. The number of benzene rings is 2. The zero-order valence-corrected chi connectivity index (χ0v) is 19.5. The lowest BCUT2D eigenvalue weighted by atomic mass is 9.88. The van der Waals surface area contributed by atoms with E-state index in [9.17, 15) is 9.59 Å². The topological polar surface area (TPSA) is 67.9 Å². The molecule has 6 heteroatoms. The first-order valence-electron chi connectivity index (χ1n) is 11.3. The number of hydrogen-bond acceptors (Lipinski definition) is 5. The summed E-state index contributed by atoms with van der Waals surface area (Å²) in [5.74, 6) is 1.96. The van der Waals surface area contributed by atoms with Crippen molar-refractivity contribution in [3.8, 4) is 11.5 Å². The molecule has 1 amide bonds. The van der Waals surface area contributed by atoms with Gasteiger partial charge in [-0.2, -0.15) is 0 Å². The largest absolute Gasteiger partial charge is 0.497 e. The number of nitrogens with zero attached hydrogens (tertiary/aromatic N) is 1. The summed E-state index contributed by atoms with van der Waals surface area (Å²) in [6.07, 6.45) is 2.56. The van der Waals surface area contributed by atoms with Gasteiger partial charge in [-0.05, 0) is 56.0 Å². The van der Waals surface area contributed by atoms with Crippen LogP contribution in [0.25, 0.3) is 0 Å². The van der Waals surface area contributed by atoms with Crippen molar-refractivity contribution in [2.24, 2.45) is 11.8 Å². The van der Waals surface area contributed by atoms with Crippen LogP contribution in [0.2, 0.25) is 0 Å². The molecule has 0 saturated carbocycles. The van der Waals surface area contributed by atoms with Gasteiger partial charge in [0.25, 0.3) is 0 Å². The lowest BCUT2D eigenvalue weighted by Gasteiger charge is -2.30. The number of rotatable bonds is 9. The summed E-state index contributed by atoms with van der Waals surface area (Å²) in [6, 6.07) is 13.4. The van der Waals surface area contributed by atoms with E-state index in [-0.39, 0.29) is 24.2 Å². The molecule has 6 nitrogen and oxygen atoms in total. The van der Waals surface area contributed by atoms with Gasteiger partial charge in [-0.1, -0.05) is 38.1 Å². The Morgan fingerprint density at radius 1 is 1.03 bits per heavy atom. The van der Waals surface area contributed by atoms with E-state index in [0.717, 1.165) is 37.9 Å². The van der Waals surface area contributed by atoms with Crippen molar-refractivity contribution in [2.75, 3.05) is 39.2 Å². The van der Waals surface area contributed by atoms with Crippen LogP contribution in [0.4, 0.5) is 5.69 Å². The molecule has 32 heavy (non-hydrogen) atoms. The van der Waals surface area contributed by atoms with Gasteiger partial charge in [-0.15, -0.1) is 0 Å². The number of carbonyl (C=O) groups is 2. The van der Waals surface area contributed by atoms with E-state index in [2.05, 4.69) is 36.2 Å². The third kappa shape index (κ3) is 6.33. The average Bonchev–Trinajstić information content (AvgIpc) is 2.79. The Bertz CT molecular complexity index is 916. The number of carbonyl (C=O) groups excluding carboxylic acids is 2. The number of piperidine rings is 1. The highest BCUT2D eigenvalue weighted by Gasteiger charge is 2.27.